The van der Waals surface area contributed by atoms with Crippen molar-refractivity contribution in [3.63, 3.8) is 0 Å². The predicted molar refractivity (Wildman–Crippen MR) is 78.4 cm³/mol. The van der Waals surface area contributed by atoms with Gasteiger partial charge in [0.05, 0.1) is 12.0 Å². The van der Waals surface area contributed by atoms with Gasteiger partial charge in [0.1, 0.15) is 0 Å². The number of rotatable bonds is 3. The molecule has 0 aliphatic rings. The molecule has 0 saturated carbocycles. The Kier molecular flexibility index (Phi) is 4.20. The SMILES string of the molecule is CO/C(=N/S(=O)(=O)c1ccc(C)cc1)c1ccccc1. The van der Waals surface area contributed by atoms with Crippen LogP contribution in [0.3, 0.4) is 0 Å². The highest BCUT2D eigenvalue weighted by molar-refractivity contribution is 7.90. The van der Waals surface area contributed by atoms with Crippen molar-refractivity contribution in [3.8, 4) is 0 Å². The third-order valence-electron chi connectivity index (χ3n) is 2.74. The quantitative estimate of drug-likeness (QED) is 0.645. The van der Waals surface area contributed by atoms with Gasteiger partial charge in [-0.2, -0.15) is 8.42 Å². The van der Waals surface area contributed by atoms with Crippen molar-refractivity contribution in [2.45, 2.75) is 11.8 Å². The fourth-order valence-electron chi connectivity index (χ4n) is 1.66. The summed E-state index contributed by atoms with van der Waals surface area (Å²) >= 11 is 0. The van der Waals surface area contributed by atoms with Crippen LogP contribution in [0.2, 0.25) is 0 Å². The molecular formula is C15H15NO3S. The third-order valence-corrected chi connectivity index (χ3v) is 4.01. The molecule has 0 spiro atoms. The Balaban J connectivity index is 2.43. The van der Waals surface area contributed by atoms with E-state index in [9.17, 15) is 8.42 Å². The van der Waals surface area contributed by atoms with Crippen LogP contribution < -0.4 is 0 Å². The van der Waals surface area contributed by atoms with Gasteiger partial charge in [-0.25, -0.2) is 0 Å². The molecule has 0 aliphatic heterocycles. The molecule has 4 nitrogen and oxygen atoms in total. The zero-order valence-electron chi connectivity index (χ0n) is 11.3. The van der Waals surface area contributed by atoms with E-state index >= 15 is 0 Å². The molecule has 0 aromatic heterocycles. The number of hydrogen-bond donors (Lipinski definition) is 0. The first-order chi connectivity index (χ1) is 9.53. The lowest BCUT2D eigenvalue weighted by Gasteiger charge is -2.05. The number of hydrogen-bond acceptors (Lipinski definition) is 3. The van der Waals surface area contributed by atoms with Crippen molar-refractivity contribution in [2.24, 2.45) is 4.40 Å². The molecule has 0 amide bonds. The molecule has 2 aromatic rings. The maximum absolute atomic E-state index is 12.2. The third kappa shape index (κ3) is 3.24. The van der Waals surface area contributed by atoms with Crippen LogP contribution in [0.1, 0.15) is 11.1 Å². The van der Waals surface area contributed by atoms with Gasteiger partial charge >= 0.3 is 0 Å². The van der Waals surface area contributed by atoms with Gasteiger partial charge in [0.15, 0.2) is 0 Å². The lowest BCUT2D eigenvalue weighted by molar-refractivity contribution is 0.405. The second-order valence-electron chi connectivity index (χ2n) is 4.25. The summed E-state index contributed by atoms with van der Waals surface area (Å²) in [5, 5.41) is 0. The molecule has 0 heterocycles. The van der Waals surface area contributed by atoms with E-state index in [1.165, 1.54) is 19.2 Å². The van der Waals surface area contributed by atoms with E-state index in [0.29, 0.717) is 5.56 Å². The summed E-state index contributed by atoms with van der Waals surface area (Å²) in [5.41, 5.74) is 1.61. The van der Waals surface area contributed by atoms with Gasteiger partial charge in [0.25, 0.3) is 10.0 Å². The van der Waals surface area contributed by atoms with Crippen molar-refractivity contribution >= 4 is 15.9 Å². The Labute approximate surface area is 118 Å². The Hall–Kier alpha value is -2.14. The molecule has 20 heavy (non-hydrogen) atoms. The maximum atomic E-state index is 12.2. The second-order valence-corrected chi connectivity index (χ2v) is 5.86. The van der Waals surface area contributed by atoms with Crippen molar-refractivity contribution < 1.29 is 13.2 Å². The molecule has 0 radical (unpaired) electrons. The highest BCUT2D eigenvalue weighted by atomic mass is 32.2. The summed E-state index contributed by atoms with van der Waals surface area (Å²) in [6, 6.07) is 15.4. The summed E-state index contributed by atoms with van der Waals surface area (Å²) in [4.78, 5) is 0.147. The summed E-state index contributed by atoms with van der Waals surface area (Å²) in [6.07, 6.45) is 0. The lowest BCUT2D eigenvalue weighted by Crippen LogP contribution is -2.08. The minimum absolute atomic E-state index is 0.0752. The predicted octanol–water partition coefficient (Wildman–Crippen LogP) is 2.78. The van der Waals surface area contributed by atoms with E-state index in [1.54, 1.807) is 36.4 Å². The fraction of sp³-hybridized carbons (Fsp3) is 0.133. The Morgan fingerprint density at radius 3 is 2.15 bits per heavy atom. The van der Waals surface area contributed by atoms with E-state index in [4.69, 9.17) is 4.74 Å². The normalized spacial score (nSPS) is 12.2. The van der Waals surface area contributed by atoms with Gasteiger partial charge in [-0.15, -0.1) is 4.40 Å². The highest BCUT2D eigenvalue weighted by Crippen LogP contribution is 2.15. The molecule has 0 bridgehead atoms. The Bertz CT molecular complexity index is 705. The van der Waals surface area contributed by atoms with Gasteiger partial charge < -0.3 is 4.74 Å². The second kappa shape index (κ2) is 5.88. The average Bonchev–Trinajstić information content (AvgIpc) is 2.46. The van der Waals surface area contributed by atoms with E-state index in [-0.39, 0.29) is 10.8 Å². The first-order valence-corrected chi connectivity index (χ1v) is 7.48. The summed E-state index contributed by atoms with van der Waals surface area (Å²) in [5.74, 6) is 0.0752. The maximum Gasteiger partial charge on any atom is 0.285 e. The largest absolute Gasteiger partial charge is 0.480 e. The minimum Gasteiger partial charge on any atom is -0.480 e. The first-order valence-electron chi connectivity index (χ1n) is 6.04. The number of sulfonamides is 1. The van der Waals surface area contributed by atoms with Gasteiger partial charge in [-0.3, -0.25) is 0 Å². The Morgan fingerprint density at radius 2 is 1.60 bits per heavy atom. The lowest BCUT2D eigenvalue weighted by atomic mass is 10.2. The van der Waals surface area contributed by atoms with Crippen molar-refractivity contribution in [3.05, 3.63) is 65.7 Å². The summed E-state index contributed by atoms with van der Waals surface area (Å²) in [6.45, 7) is 1.89. The molecule has 0 N–H and O–H groups in total. The molecule has 104 valence electrons. The molecule has 0 saturated heterocycles. The average molecular weight is 289 g/mol. The summed E-state index contributed by atoms with van der Waals surface area (Å²) < 4.78 is 33.3. The zero-order valence-corrected chi connectivity index (χ0v) is 12.1. The first kappa shape index (κ1) is 14.3. The van der Waals surface area contributed by atoms with Crippen LogP contribution in [0.4, 0.5) is 0 Å². The van der Waals surface area contributed by atoms with E-state index in [2.05, 4.69) is 4.40 Å². The van der Waals surface area contributed by atoms with Crippen molar-refractivity contribution in [1.82, 2.24) is 0 Å². The van der Waals surface area contributed by atoms with Gasteiger partial charge in [0, 0.05) is 5.56 Å². The molecule has 0 aliphatic carbocycles. The number of nitrogens with zero attached hydrogens (tertiary/aromatic N) is 1. The minimum atomic E-state index is -3.77. The van der Waals surface area contributed by atoms with Crippen molar-refractivity contribution in [2.75, 3.05) is 7.11 Å². The molecular weight excluding hydrogens is 274 g/mol. The number of benzene rings is 2. The van der Waals surface area contributed by atoms with Gasteiger partial charge in [0.2, 0.25) is 5.90 Å². The van der Waals surface area contributed by atoms with Crippen LogP contribution in [-0.4, -0.2) is 21.4 Å². The molecule has 0 fully saturated rings. The van der Waals surface area contributed by atoms with Crippen LogP contribution in [0, 0.1) is 6.92 Å². The molecule has 0 atom stereocenters. The van der Waals surface area contributed by atoms with Crippen LogP contribution in [0.15, 0.2) is 63.9 Å². The number of methoxy groups -OCH3 is 1. The van der Waals surface area contributed by atoms with Crippen LogP contribution in [0.5, 0.6) is 0 Å². The standard InChI is InChI=1S/C15H15NO3S/c1-12-8-10-14(11-9-12)20(17,18)16-15(19-2)13-6-4-3-5-7-13/h3-11H,1-2H3/b16-15+. The molecule has 2 aromatic carbocycles. The van der Waals surface area contributed by atoms with E-state index in [1.807, 2.05) is 13.0 Å². The van der Waals surface area contributed by atoms with E-state index in [0.717, 1.165) is 5.56 Å². The zero-order chi connectivity index (χ0) is 14.6. The van der Waals surface area contributed by atoms with Crippen molar-refractivity contribution in [1.29, 1.82) is 0 Å². The number of ether oxygens (including phenoxy) is 1. The number of aryl methyl sites for hydroxylation is 1. The smallest absolute Gasteiger partial charge is 0.285 e. The van der Waals surface area contributed by atoms with Crippen LogP contribution >= 0.6 is 0 Å². The topological polar surface area (TPSA) is 55.7 Å². The van der Waals surface area contributed by atoms with Gasteiger partial charge in [-0.05, 0) is 31.2 Å². The molecule has 0 unspecified atom stereocenters. The Morgan fingerprint density at radius 1 is 1.00 bits per heavy atom. The van der Waals surface area contributed by atoms with Crippen LogP contribution in [-0.2, 0) is 14.8 Å². The summed E-state index contributed by atoms with van der Waals surface area (Å²) in [7, 11) is -2.37. The highest BCUT2D eigenvalue weighted by Gasteiger charge is 2.15. The van der Waals surface area contributed by atoms with E-state index < -0.39 is 10.0 Å². The molecule has 5 heteroatoms. The van der Waals surface area contributed by atoms with Crippen LogP contribution in [0.25, 0.3) is 0 Å². The fourth-order valence-corrected chi connectivity index (χ4v) is 2.64. The molecule has 2 rings (SSSR count). The van der Waals surface area contributed by atoms with Gasteiger partial charge in [-0.1, -0.05) is 35.9 Å². The monoisotopic (exact) mass is 289 g/mol.